The number of rotatable bonds is 5. The van der Waals surface area contributed by atoms with Crippen LogP contribution in [-0.4, -0.2) is 34.2 Å². The van der Waals surface area contributed by atoms with Gasteiger partial charge in [-0.25, -0.2) is 4.98 Å². The molecule has 0 saturated carbocycles. The van der Waals surface area contributed by atoms with Crippen molar-refractivity contribution in [1.82, 2.24) is 14.9 Å². The monoisotopic (exact) mass is 251 g/mol. The lowest BCUT2D eigenvalue weighted by molar-refractivity contribution is -0.133. The average Bonchev–Trinajstić information content (AvgIpc) is 2.83. The van der Waals surface area contributed by atoms with Gasteiger partial charge in [0.15, 0.2) is 0 Å². The van der Waals surface area contributed by atoms with Crippen molar-refractivity contribution < 1.29 is 9.53 Å². The maximum Gasteiger partial charge on any atom is 0.249 e. The second-order valence-corrected chi connectivity index (χ2v) is 4.59. The Kier molecular flexibility index (Phi) is 4.36. The fraction of sp³-hybridized carbons (Fsp3) is 0.692. The van der Waals surface area contributed by atoms with Gasteiger partial charge in [0, 0.05) is 38.0 Å². The molecule has 2 heterocycles. The first-order valence-electron chi connectivity index (χ1n) is 6.66. The first kappa shape index (κ1) is 13.1. The van der Waals surface area contributed by atoms with Crippen molar-refractivity contribution in [3.63, 3.8) is 0 Å². The number of imidazole rings is 1. The van der Waals surface area contributed by atoms with Crippen LogP contribution in [0, 0.1) is 0 Å². The molecule has 1 N–H and O–H groups in total. The largest absolute Gasteiger partial charge is 0.369 e. The predicted octanol–water partition coefficient (Wildman–Crippen LogP) is 1.13. The van der Waals surface area contributed by atoms with Crippen molar-refractivity contribution in [2.24, 2.45) is 0 Å². The second kappa shape index (κ2) is 6.00. The molecule has 5 nitrogen and oxygen atoms in total. The van der Waals surface area contributed by atoms with Crippen molar-refractivity contribution >= 4 is 5.91 Å². The fourth-order valence-electron chi connectivity index (χ4n) is 2.36. The summed E-state index contributed by atoms with van der Waals surface area (Å²) in [6.45, 7) is 5.26. The molecule has 5 heteroatoms. The second-order valence-electron chi connectivity index (χ2n) is 4.59. The third-order valence-corrected chi connectivity index (χ3v) is 3.31. The van der Waals surface area contributed by atoms with Gasteiger partial charge in [0.1, 0.15) is 11.9 Å². The number of ether oxygens (including phenoxy) is 1. The Morgan fingerprint density at radius 1 is 1.67 bits per heavy atom. The summed E-state index contributed by atoms with van der Waals surface area (Å²) < 4.78 is 7.52. The molecule has 1 aliphatic rings. The Balaban J connectivity index is 1.89. The molecule has 2 atom stereocenters. The Morgan fingerprint density at radius 2 is 2.50 bits per heavy atom. The van der Waals surface area contributed by atoms with Crippen LogP contribution in [0.4, 0.5) is 0 Å². The molecule has 1 aromatic rings. The van der Waals surface area contributed by atoms with Crippen molar-refractivity contribution in [1.29, 1.82) is 0 Å². The van der Waals surface area contributed by atoms with Gasteiger partial charge in [0.05, 0.1) is 0 Å². The van der Waals surface area contributed by atoms with Gasteiger partial charge in [-0.15, -0.1) is 0 Å². The van der Waals surface area contributed by atoms with Crippen LogP contribution in [-0.2, 0) is 22.5 Å². The molecule has 0 fully saturated rings. The topological polar surface area (TPSA) is 56.1 Å². The van der Waals surface area contributed by atoms with E-state index >= 15 is 0 Å². The zero-order valence-corrected chi connectivity index (χ0v) is 11.1. The Morgan fingerprint density at radius 3 is 3.22 bits per heavy atom. The van der Waals surface area contributed by atoms with E-state index in [9.17, 15) is 4.79 Å². The summed E-state index contributed by atoms with van der Waals surface area (Å²) in [5.74, 6) is 1.12. The van der Waals surface area contributed by atoms with Crippen LogP contribution in [0.2, 0.25) is 0 Å². The van der Waals surface area contributed by atoms with Crippen LogP contribution in [0.15, 0.2) is 12.4 Å². The van der Waals surface area contributed by atoms with E-state index in [1.54, 1.807) is 0 Å². The zero-order valence-electron chi connectivity index (χ0n) is 11.1. The molecule has 0 radical (unpaired) electrons. The lowest BCUT2D eigenvalue weighted by Crippen LogP contribution is -2.45. The van der Waals surface area contributed by atoms with Crippen LogP contribution in [0.1, 0.15) is 32.5 Å². The minimum Gasteiger partial charge on any atom is -0.369 e. The van der Waals surface area contributed by atoms with Crippen molar-refractivity contribution in [2.45, 2.75) is 51.8 Å². The highest BCUT2D eigenvalue weighted by Crippen LogP contribution is 2.13. The molecule has 0 aromatic carbocycles. The maximum atomic E-state index is 12.0. The van der Waals surface area contributed by atoms with Gasteiger partial charge in [0.25, 0.3) is 0 Å². The van der Waals surface area contributed by atoms with Crippen molar-refractivity contribution in [3.8, 4) is 0 Å². The lowest BCUT2D eigenvalue weighted by atomic mass is 10.1. The van der Waals surface area contributed by atoms with Gasteiger partial charge in [-0.3, -0.25) is 4.79 Å². The summed E-state index contributed by atoms with van der Waals surface area (Å²) in [4.78, 5) is 16.3. The van der Waals surface area contributed by atoms with Crippen molar-refractivity contribution in [3.05, 3.63) is 18.2 Å². The van der Waals surface area contributed by atoms with E-state index in [0.29, 0.717) is 13.0 Å². The lowest BCUT2D eigenvalue weighted by Gasteiger charge is -2.26. The molecule has 0 bridgehead atoms. The minimum atomic E-state index is -0.320. The van der Waals surface area contributed by atoms with Crippen LogP contribution >= 0.6 is 0 Å². The van der Waals surface area contributed by atoms with Crippen LogP contribution in [0.25, 0.3) is 0 Å². The Labute approximate surface area is 108 Å². The summed E-state index contributed by atoms with van der Waals surface area (Å²) in [7, 11) is 0. The number of aryl methyl sites for hydroxylation is 1. The van der Waals surface area contributed by atoms with Gasteiger partial charge in [-0.05, 0) is 19.8 Å². The van der Waals surface area contributed by atoms with E-state index in [-0.39, 0.29) is 18.1 Å². The van der Waals surface area contributed by atoms with Crippen LogP contribution < -0.4 is 5.32 Å². The number of amides is 1. The van der Waals surface area contributed by atoms with Gasteiger partial charge in [-0.1, -0.05) is 6.92 Å². The highest BCUT2D eigenvalue weighted by Gasteiger charge is 2.23. The number of nitrogens with one attached hydrogen (secondary N) is 1. The zero-order chi connectivity index (χ0) is 13.0. The van der Waals surface area contributed by atoms with Crippen LogP contribution in [0.5, 0.6) is 0 Å². The molecule has 1 amide bonds. The predicted molar refractivity (Wildman–Crippen MR) is 68.2 cm³/mol. The summed E-state index contributed by atoms with van der Waals surface area (Å²) in [6, 6.07) is 0.189. The Hall–Kier alpha value is -1.36. The van der Waals surface area contributed by atoms with Gasteiger partial charge in [0.2, 0.25) is 5.91 Å². The quantitative estimate of drug-likeness (QED) is 0.853. The summed E-state index contributed by atoms with van der Waals surface area (Å²) in [5.41, 5.74) is 0. The summed E-state index contributed by atoms with van der Waals surface area (Å²) >= 11 is 0. The van der Waals surface area contributed by atoms with Gasteiger partial charge >= 0.3 is 0 Å². The minimum absolute atomic E-state index is 0.00733. The van der Waals surface area contributed by atoms with E-state index < -0.39 is 0 Å². The van der Waals surface area contributed by atoms with E-state index in [1.807, 2.05) is 26.2 Å². The third kappa shape index (κ3) is 2.90. The number of fused-ring (bicyclic) bond motifs is 1. The van der Waals surface area contributed by atoms with Crippen molar-refractivity contribution in [2.75, 3.05) is 6.61 Å². The first-order valence-corrected chi connectivity index (χ1v) is 6.66. The standard InChI is InChI=1S/C13H21N3O2/c1-3-11(18-4-2)13(17)15-10-5-6-12-14-7-8-16(12)9-10/h7-8,10-11H,3-6,9H2,1-2H3,(H,15,17)/t10-,11-/m1/s1. The molecule has 1 aromatic heterocycles. The number of hydrogen-bond donors (Lipinski definition) is 1. The maximum absolute atomic E-state index is 12.0. The highest BCUT2D eigenvalue weighted by atomic mass is 16.5. The first-order chi connectivity index (χ1) is 8.74. The molecule has 1 aliphatic heterocycles. The van der Waals surface area contributed by atoms with Gasteiger partial charge in [-0.2, -0.15) is 0 Å². The fourth-order valence-corrected chi connectivity index (χ4v) is 2.36. The number of hydrogen-bond acceptors (Lipinski definition) is 3. The number of nitrogens with zero attached hydrogens (tertiary/aromatic N) is 2. The SMILES string of the molecule is CCO[C@H](CC)C(=O)N[C@@H]1CCc2nccn2C1. The van der Waals surface area contributed by atoms with E-state index in [0.717, 1.165) is 25.2 Å². The molecule has 0 spiro atoms. The third-order valence-electron chi connectivity index (χ3n) is 3.31. The highest BCUT2D eigenvalue weighted by molar-refractivity contribution is 5.81. The molecule has 100 valence electrons. The molecule has 0 aliphatic carbocycles. The average molecular weight is 251 g/mol. The van der Waals surface area contributed by atoms with E-state index in [4.69, 9.17) is 4.74 Å². The number of carbonyl (C=O) groups is 1. The molecular weight excluding hydrogens is 230 g/mol. The smallest absolute Gasteiger partial charge is 0.249 e. The number of carbonyl (C=O) groups excluding carboxylic acids is 1. The molecule has 0 unspecified atom stereocenters. The van der Waals surface area contributed by atoms with Crippen LogP contribution in [0.3, 0.4) is 0 Å². The van der Waals surface area contributed by atoms with E-state index in [1.165, 1.54) is 0 Å². The van der Waals surface area contributed by atoms with E-state index in [2.05, 4.69) is 14.9 Å². The molecule has 18 heavy (non-hydrogen) atoms. The molecular formula is C13H21N3O2. The summed E-state index contributed by atoms with van der Waals surface area (Å²) in [5, 5.41) is 3.07. The van der Waals surface area contributed by atoms with Gasteiger partial charge < -0.3 is 14.6 Å². The molecule has 0 saturated heterocycles. The normalized spacial score (nSPS) is 20.2. The molecule has 2 rings (SSSR count). The Bertz CT molecular complexity index is 403. The number of aromatic nitrogens is 2. The summed E-state index contributed by atoms with van der Waals surface area (Å²) in [6.07, 6.45) is 6.04.